The summed E-state index contributed by atoms with van der Waals surface area (Å²) in [6.45, 7) is -0.311. The van der Waals surface area contributed by atoms with E-state index in [1.807, 2.05) is 72.8 Å². The molecule has 0 aliphatic heterocycles. The van der Waals surface area contributed by atoms with E-state index in [0.717, 1.165) is 22.3 Å². The van der Waals surface area contributed by atoms with E-state index in [-0.39, 0.29) is 64.5 Å². The van der Waals surface area contributed by atoms with Gasteiger partial charge >= 0.3 is 0 Å². The molecule has 4 aromatic rings. The van der Waals surface area contributed by atoms with Gasteiger partial charge in [0.1, 0.15) is 23.0 Å². The minimum Gasteiger partial charge on any atom is -0.484 e. The van der Waals surface area contributed by atoms with Crippen molar-refractivity contribution in [2.75, 3.05) is 52.7 Å². The molecule has 4 N–H and O–H groups in total. The van der Waals surface area contributed by atoms with Crippen LogP contribution in [-0.4, -0.2) is 85.2 Å². The van der Waals surface area contributed by atoms with Gasteiger partial charge in [0.25, 0.3) is 22.3 Å². The SMILES string of the molecule is O=C(COc1ccc(/C=C/c2ccc(OCC(=O)NCCO)cc2)cc1)NCCO.O=C(Cl)COc1ccc(/C=C/c2ccc(OCC(=O)Cl)cc2)cc1. The molecule has 0 saturated carbocycles. The number of amides is 2. The van der Waals surface area contributed by atoms with Crippen molar-refractivity contribution in [3.8, 4) is 23.0 Å². The maximum absolute atomic E-state index is 11.4. The van der Waals surface area contributed by atoms with E-state index >= 15 is 0 Å². The van der Waals surface area contributed by atoms with Crippen molar-refractivity contribution in [1.29, 1.82) is 0 Å². The molecule has 0 aliphatic rings. The fourth-order valence-electron chi connectivity index (χ4n) is 4.16. The zero-order chi connectivity index (χ0) is 39.0. The van der Waals surface area contributed by atoms with Crippen LogP contribution in [0.2, 0.25) is 0 Å². The number of hydrogen-bond acceptors (Lipinski definition) is 10. The number of benzene rings is 4. The maximum atomic E-state index is 11.4. The van der Waals surface area contributed by atoms with Crippen LogP contribution in [0.4, 0.5) is 0 Å². The van der Waals surface area contributed by atoms with Gasteiger partial charge < -0.3 is 39.8 Å². The third-order valence-electron chi connectivity index (χ3n) is 6.77. The molecule has 0 radical (unpaired) electrons. The van der Waals surface area contributed by atoms with Gasteiger partial charge in [-0.3, -0.25) is 19.2 Å². The molecule has 0 bridgehead atoms. The topological polar surface area (TPSA) is 170 Å². The number of carbonyl (C=O) groups is 4. The van der Waals surface area contributed by atoms with Crippen molar-refractivity contribution < 1.29 is 48.3 Å². The molecule has 0 aliphatic carbocycles. The molecule has 54 heavy (non-hydrogen) atoms. The minimum absolute atomic E-state index is 0.104. The predicted octanol–water partition coefficient (Wildman–Crippen LogP) is 4.98. The van der Waals surface area contributed by atoms with Gasteiger partial charge in [0.15, 0.2) is 26.4 Å². The average Bonchev–Trinajstić information content (AvgIpc) is 3.19. The number of aliphatic hydroxyl groups is 2. The van der Waals surface area contributed by atoms with Crippen LogP contribution in [0, 0.1) is 0 Å². The monoisotopic (exact) mass is 778 g/mol. The smallest absolute Gasteiger partial charge is 0.259 e. The maximum Gasteiger partial charge on any atom is 0.259 e. The number of rotatable bonds is 20. The van der Waals surface area contributed by atoms with E-state index < -0.39 is 10.5 Å². The molecule has 12 nitrogen and oxygen atoms in total. The zero-order valence-corrected chi connectivity index (χ0v) is 30.6. The molecule has 0 spiro atoms. The second kappa shape index (κ2) is 24.6. The van der Waals surface area contributed by atoms with Gasteiger partial charge in [0, 0.05) is 13.1 Å². The summed E-state index contributed by atoms with van der Waals surface area (Å²) < 4.78 is 21.1. The zero-order valence-electron chi connectivity index (χ0n) is 29.1. The Kier molecular flexibility index (Phi) is 19.4. The fraction of sp³-hybridized carbons (Fsp3) is 0.200. The lowest BCUT2D eigenvalue weighted by atomic mass is 10.1. The highest BCUT2D eigenvalue weighted by Crippen LogP contribution is 2.18. The lowest BCUT2D eigenvalue weighted by Crippen LogP contribution is -2.31. The first-order valence-electron chi connectivity index (χ1n) is 16.5. The number of halogens is 2. The van der Waals surface area contributed by atoms with Crippen molar-refractivity contribution >= 4 is 69.8 Å². The highest BCUT2D eigenvalue weighted by molar-refractivity contribution is 6.64. The molecule has 284 valence electrons. The van der Waals surface area contributed by atoms with Crippen LogP contribution in [0.25, 0.3) is 24.3 Å². The first-order chi connectivity index (χ1) is 26.1. The summed E-state index contributed by atoms with van der Waals surface area (Å²) >= 11 is 10.4. The molecular weight excluding hydrogens is 739 g/mol. The molecule has 0 atom stereocenters. The summed E-state index contributed by atoms with van der Waals surface area (Å²) in [7, 11) is 0. The molecule has 0 unspecified atom stereocenters. The van der Waals surface area contributed by atoms with Crippen molar-refractivity contribution in [3.05, 3.63) is 119 Å². The van der Waals surface area contributed by atoms with E-state index in [9.17, 15) is 19.2 Å². The highest BCUT2D eigenvalue weighted by atomic mass is 35.5. The predicted molar refractivity (Wildman–Crippen MR) is 208 cm³/mol. The van der Waals surface area contributed by atoms with Crippen molar-refractivity contribution in [3.63, 3.8) is 0 Å². The van der Waals surface area contributed by atoms with Crippen molar-refractivity contribution in [2.24, 2.45) is 0 Å². The quantitative estimate of drug-likeness (QED) is 0.0710. The molecule has 0 fully saturated rings. The minimum atomic E-state index is -0.540. The summed E-state index contributed by atoms with van der Waals surface area (Å²) in [5.74, 6) is 1.75. The Hall–Kier alpha value is -5.66. The molecule has 0 saturated heterocycles. The Bertz CT molecular complexity index is 1680. The van der Waals surface area contributed by atoms with Crippen molar-refractivity contribution in [1.82, 2.24) is 10.6 Å². The number of carbonyl (C=O) groups excluding carboxylic acids is 4. The largest absolute Gasteiger partial charge is 0.484 e. The fourth-order valence-corrected chi connectivity index (χ4v) is 4.27. The van der Waals surface area contributed by atoms with E-state index in [4.69, 9.17) is 52.4 Å². The molecule has 14 heteroatoms. The van der Waals surface area contributed by atoms with Crippen LogP contribution in [0.15, 0.2) is 97.1 Å². The van der Waals surface area contributed by atoms with Gasteiger partial charge in [0.05, 0.1) is 13.2 Å². The van der Waals surface area contributed by atoms with Crippen LogP contribution in [0.5, 0.6) is 23.0 Å². The molecule has 0 aromatic heterocycles. The molecule has 0 heterocycles. The Morgan fingerprint density at radius 3 is 0.907 bits per heavy atom. The van der Waals surface area contributed by atoms with Crippen LogP contribution in [0.3, 0.4) is 0 Å². The van der Waals surface area contributed by atoms with Gasteiger partial charge in [-0.15, -0.1) is 0 Å². The average molecular weight is 780 g/mol. The summed E-state index contributed by atoms with van der Waals surface area (Å²) in [5, 5.41) is 21.3. The van der Waals surface area contributed by atoms with Crippen LogP contribution < -0.4 is 29.6 Å². The Morgan fingerprint density at radius 1 is 0.444 bits per heavy atom. The Morgan fingerprint density at radius 2 is 0.685 bits per heavy atom. The summed E-state index contributed by atoms with van der Waals surface area (Å²) in [4.78, 5) is 44.2. The first kappa shape index (κ1) is 42.8. The first-order valence-corrected chi connectivity index (χ1v) is 17.3. The third kappa shape index (κ3) is 18.2. The summed E-state index contributed by atoms with van der Waals surface area (Å²) in [5.41, 5.74) is 3.89. The van der Waals surface area contributed by atoms with Crippen LogP contribution in [0.1, 0.15) is 22.3 Å². The normalized spacial score (nSPS) is 10.6. The molecule has 2 amide bonds. The van der Waals surface area contributed by atoms with E-state index in [0.29, 0.717) is 23.0 Å². The Balaban J connectivity index is 0.000000297. The second-order valence-corrected chi connectivity index (χ2v) is 11.8. The molecule has 4 rings (SSSR count). The van der Waals surface area contributed by atoms with E-state index in [1.54, 1.807) is 48.5 Å². The van der Waals surface area contributed by atoms with Crippen LogP contribution >= 0.6 is 23.2 Å². The third-order valence-corrected chi connectivity index (χ3v) is 6.99. The highest BCUT2D eigenvalue weighted by Gasteiger charge is 2.04. The number of aliphatic hydroxyl groups excluding tert-OH is 2. The lowest BCUT2D eigenvalue weighted by molar-refractivity contribution is -0.124. The van der Waals surface area contributed by atoms with Crippen LogP contribution in [-0.2, 0) is 19.2 Å². The number of hydrogen-bond donors (Lipinski definition) is 4. The van der Waals surface area contributed by atoms with Gasteiger partial charge in [0.2, 0.25) is 0 Å². The van der Waals surface area contributed by atoms with E-state index in [1.165, 1.54) is 0 Å². The number of ether oxygens (including phenoxy) is 4. The second-order valence-electron chi connectivity index (χ2n) is 11.0. The van der Waals surface area contributed by atoms with E-state index in [2.05, 4.69) is 10.6 Å². The number of nitrogens with one attached hydrogen (secondary N) is 2. The molecular formula is C40H40Cl2N2O10. The lowest BCUT2D eigenvalue weighted by Gasteiger charge is -2.07. The summed E-state index contributed by atoms with van der Waals surface area (Å²) in [6, 6.07) is 29.1. The van der Waals surface area contributed by atoms with Gasteiger partial charge in [-0.25, -0.2) is 0 Å². The summed E-state index contributed by atoms with van der Waals surface area (Å²) in [6.07, 6.45) is 7.76. The van der Waals surface area contributed by atoms with Gasteiger partial charge in [-0.05, 0) is 94.0 Å². The molecule has 4 aromatic carbocycles. The van der Waals surface area contributed by atoms with Gasteiger partial charge in [-0.2, -0.15) is 0 Å². The standard InChI is InChI=1S/C22H26N2O6.C18H14Cl2O4/c25-13-11-23-21(27)15-29-19-7-3-17(4-8-19)1-2-18-5-9-20(10-6-18)30-16-22(28)24-12-14-26;19-17(21)11-23-15-7-3-13(4-8-15)1-2-14-5-9-16(10-6-14)24-12-18(20)22/h1-10,25-26H,11-16H2,(H,23,27)(H,24,28);1-10H,11-12H2/b2*2-1+. The Labute approximate surface area is 322 Å². The van der Waals surface area contributed by atoms with Gasteiger partial charge in [-0.1, -0.05) is 72.8 Å². The van der Waals surface area contributed by atoms with Crippen molar-refractivity contribution in [2.45, 2.75) is 0 Å².